The number of nitriles is 3. The van der Waals surface area contributed by atoms with Crippen LogP contribution in [-0.2, 0) is 4.79 Å². The van der Waals surface area contributed by atoms with Gasteiger partial charge in [-0.05, 0) is 47.8 Å². The summed E-state index contributed by atoms with van der Waals surface area (Å²) in [7, 11) is 0. The maximum absolute atomic E-state index is 13.8. The second-order valence-corrected chi connectivity index (χ2v) is 10.0. The van der Waals surface area contributed by atoms with E-state index >= 15 is 0 Å². The Morgan fingerprint density at radius 2 is 1.66 bits per heavy atom. The first-order valence-corrected chi connectivity index (χ1v) is 12.3. The molecule has 4 atom stereocenters. The molecule has 1 aliphatic carbocycles. The first-order chi connectivity index (χ1) is 17.1. The van der Waals surface area contributed by atoms with Crippen LogP contribution in [0.1, 0.15) is 29.9 Å². The van der Waals surface area contributed by atoms with E-state index in [1.165, 1.54) is 0 Å². The lowest BCUT2D eigenvalue weighted by Gasteiger charge is -2.31. The molecule has 0 N–H and O–H groups in total. The van der Waals surface area contributed by atoms with Crippen LogP contribution in [0.3, 0.4) is 0 Å². The molecule has 1 saturated heterocycles. The van der Waals surface area contributed by atoms with Gasteiger partial charge in [-0.15, -0.1) is 0 Å². The van der Waals surface area contributed by atoms with Gasteiger partial charge >= 0.3 is 0 Å². The van der Waals surface area contributed by atoms with Crippen LogP contribution in [0.2, 0.25) is 0 Å². The molecule has 0 aromatic heterocycles. The Bertz CT molecular complexity index is 1370. The summed E-state index contributed by atoms with van der Waals surface area (Å²) in [6.07, 6.45) is 7.25. The van der Waals surface area contributed by atoms with Gasteiger partial charge in [-0.25, -0.2) is 0 Å². The Balaban J connectivity index is 1.78. The van der Waals surface area contributed by atoms with Gasteiger partial charge in [-0.1, -0.05) is 64.5 Å². The smallest absolute Gasteiger partial charge is 0.158 e. The highest BCUT2D eigenvalue weighted by Gasteiger charge is 2.55. The summed E-state index contributed by atoms with van der Waals surface area (Å²) in [6.45, 7) is 0. The van der Waals surface area contributed by atoms with E-state index in [9.17, 15) is 20.6 Å². The van der Waals surface area contributed by atoms with Crippen molar-refractivity contribution in [1.82, 2.24) is 4.90 Å². The van der Waals surface area contributed by atoms with E-state index in [0.29, 0.717) is 11.1 Å². The summed E-state index contributed by atoms with van der Waals surface area (Å²) in [5, 5.41) is 29.5. The van der Waals surface area contributed by atoms with Crippen LogP contribution in [0.15, 0.2) is 88.6 Å². The third-order valence-electron chi connectivity index (χ3n) is 7.09. The van der Waals surface area contributed by atoms with Crippen LogP contribution < -0.4 is 0 Å². The highest BCUT2D eigenvalue weighted by Crippen LogP contribution is 2.53. The normalized spacial score (nSPS) is 24.4. The second kappa shape index (κ2) is 9.38. The maximum atomic E-state index is 13.8. The summed E-state index contributed by atoms with van der Waals surface area (Å²) in [6, 6.07) is 23.1. The Morgan fingerprint density at radius 3 is 2.26 bits per heavy atom. The van der Waals surface area contributed by atoms with Crippen LogP contribution in [-0.4, -0.2) is 22.8 Å². The molecule has 2 aliphatic heterocycles. The first-order valence-electron chi connectivity index (χ1n) is 11.5. The molecule has 0 spiro atoms. The van der Waals surface area contributed by atoms with Gasteiger partial charge in [0.1, 0.15) is 23.8 Å². The van der Waals surface area contributed by atoms with Crippen LogP contribution in [0, 0.1) is 45.8 Å². The Morgan fingerprint density at radius 1 is 0.971 bits per heavy atom. The van der Waals surface area contributed by atoms with Crippen molar-refractivity contribution in [2.24, 2.45) is 11.8 Å². The van der Waals surface area contributed by atoms with Crippen molar-refractivity contribution in [3.05, 3.63) is 99.7 Å². The highest BCUT2D eigenvalue weighted by atomic mass is 79.9. The minimum Gasteiger partial charge on any atom is -0.359 e. The van der Waals surface area contributed by atoms with Gasteiger partial charge in [0.05, 0.1) is 17.7 Å². The van der Waals surface area contributed by atoms with Gasteiger partial charge in [0.15, 0.2) is 5.78 Å². The number of rotatable bonds is 5. The predicted molar refractivity (Wildman–Crippen MR) is 135 cm³/mol. The lowest BCUT2D eigenvalue weighted by molar-refractivity contribution is -0.124. The molecule has 170 valence electrons. The molecule has 35 heavy (non-hydrogen) atoms. The van der Waals surface area contributed by atoms with Crippen molar-refractivity contribution >= 4 is 27.3 Å². The number of hydrogen-bond donors (Lipinski definition) is 0. The Kier molecular flexibility index (Phi) is 6.12. The molecular weight excluding hydrogens is 500 g/mol. The second-order valence-electron chi connectivity index (χ2n) is 9.10. The molecule has 6 heteroatoms. The molecule has 0 amide bonds. The van der Waals surface area contributed by atoms with E-state index in [-0.39, 0.29) is 35.2 Å². The summed E-state index contributed by atoms with van der Waals surface area (Å²) >= 11 is 3.51. The van der Waals surface area contributed by atoms with Gasteiger partial charge < -0.3 is 4.90 Å². The SMILES string of the molecule is N#CC1=CN2[C@H](C(=O)C3CC3)[C@H](c3ccc(Br)cc3)[C@H](C(=C(C#N)C#N)c3ccccc3)[C@@H]2C=C1. The largest absolute Gasteiger partial charge is 0.359 e. The molecule has 2 heterocycles. The van der Waals surface area contributed by atoms with Gasteiger partial charge in [-0.2, -0.15) is 15.8 Å². The van der Waals surface area contributed by atoms with Crippen LogP contribution >= 0.6 is 15.9 Å². The van der Waals surface area contributed by atoms with Crippen molar-refractivity contribution in [2.45, 2.75) is 30.8 Å². The standard InChI is InChI=1S/C29H21BrN4O/c30-23-11-9-20(10-12-23)26-27(25(22(15-32)16-33)19-4-2-1-3-5-19)24-13-6-18(14-31)17-34(24)28(26)29(35)21-7-8-21/h1-6,9-13,17,21,24,26-28H,7-8H2/t24-,26+,27-,28-/m0/s1. The number of carbonyl (C=O) groups is 1. The quantitative estimate of drug-likeness (QED) is 0.474. The average Bonchev–Trinajstić information content (AvgIpc) is 3.70. The lowest BCUT2D eigenvalue weighted by atomic mass is 9.73. The minimum atomic E-state index is -0.496. The molecule has 5 nitrogen and oxygen atoms in total. The number of carbonyl (C=O) groups excluding carboxylic acids is 1. The van der Waals surface area contributed by atoms with Gasteiger partial charge in [0.2, 0.25) is 0 Å². The number of ketones is 1. The van der Waals surface area contributed by atoms with Crippen LogP contribution in [0.25, 0.3) is 5.57 Å². The summed E-state index contributed by atoms with van der Waals surface area (Å²) in [4.78, 5) is 15.8. The minimum absolute atomic E-state index is 0.0118. The number of allylic oxidation sites excluding steroid dienone is 3. The summed E-state index contributed by atoms with van der Waals surface area (Å²) < 4.78 is 0.929. The van der Waals surface area contributed by atoms with Gasteiger partial charge in [0, 0.05) is 28.4 Å². The van der Waals surface area contributed by atoms with Crippen LogP contribution in [0.5, 0.6) is 0 Å². The van der Waals surface area contributed by atoms with Gasteiger partial charge in [-0.3, -0.25) is 4.79 Å². The molecule has 0 unspecified atom stereocenters. The van der Waals surface area contributed by atoms with Crippen molar-refractivity contribution in [1.29, 1.82) is 15.8 Å². The fraction of sp³-hybridized carbons (Fsp3) is 0.241. The molecule has 2 aromatic rings. The monoisotopic (exact) mass is 520 g/mol. The van der Waals surface area contributed by atoms with Crippen molar-refractivity contribution in [2.75, 3.05) is 0 Å². The molecular formula is C29H21BrN4O. The molecule has 2 fully saturated rings. The van der Waals surface area contributed by atoms with E-state index in [0.717, 1.165) is 28.4 Å². The number of halogens is 1. The topological polar surface area (TPSA) is 91.7 Å². The third kappa shape index (κ3) is 4.10. The Labute approximate surface area is 213 Å². The van der Waals surface area contributed by atoms with E-state index < -0.39 is 6.04 Å². The van der Waals surface area contributed by atoms with E-state index in [1.807, 2.05) is 65.6 Å². The molecule has 1 saturated carbocycles. The number of Topliss-reactive ketones (excluding diaryl/α,β-unsaturated/α-hetero) is 1. The fourth-order valence-electron chi connectivity index (χ4n) is 5.45. The molecule has 2 aromatic carbocycles. The predicted octanol–water partition coefficient (Wildman–Crippen LogP) is 5.66. The van der Waals surface area contributed by atoms with Crippen LogP contribution in [0.4, 0.5) is 0 Å². The molecule has 0 bridgehead atoms. The zero-order valence-corrected chi connectivity index (χ0v) is 20.4. The first kappa shape index (κ1) is 22.9. The van der Waals surface area contributed by atoms with Crippen molar-refractivity contribution in [3.8, 4) is 18.2 Å². The van der Waals surface area contributed by atoms with Crippen molar-refractivity contribution < 1.29 is 4.79 Å². The Hall–Kier alpha value is -3.92. The fourth-order valence-corrected chi connectivity index (χ4v) is 5.71. The maximum Gasteiger partial charge on any atom is 0.158 e. The van der Waals surface area contributed by atoms with Gasteiger partial charge in [0.25, 0.3) is 0 Å². The zero-order chi connectivity index (χ0) is 24.5. The lowest BCUT2D eigenvalue weighted by Crippen LogP contribution is -2.40. The van der Waals surface area contributed by atoms with E-state index in [2.05, 4.69) is 34.1 Å². The van der Waals surface area contributed by atoms with Crippen molar-refractivity contribution in [3.63, 3.8) is 0 Å². The molecule has 5 rings (SSSR count). The summed E-state index contributed by atoms with van der Waals surface area (Å²) in [5.74, 6) is -0.463. The number of benzene rings is 2. The number of fused-ring (bicyclic) bond motifs is 1. The number of nitrogens with zero attached hydrogens (tertiary/aromatic N) is 4. The van der Waals surface area contributed by atoms with E-state index in [4.69, 9.17) is 0 Å². The summed E-state index contributed by atoms with van der Waals surface area (Å²) in [5.41, 5.74) is 2.93. The average molecular weight is 521 g/mol. The third-order valence-corrected chi connectivity index (χ3v) is 7.62. The highest BCUT2D eigenvalue weighted by molar-refractivity contribution is 9.10. The molecule has 3 aliphatic rings. The molecule has 0 radical (unpaired) electrons. The van der Waals surface area contributed by atoms with E-state index in [1.54, 1.807) is 12.3 Å². The zero-order valence-electron chi connectivity index (χ0n) is 18.8. The number of hydrogen-bond acceptors (Lipinski definition) is 5.